The number of carbonyl (C=O) groups is 2. The summed E-state index contributed by atoms with van der Waals surface area (Å²) in [6, 6.07) is 12.0. The van der Waals surface area contributed by atoms with E-state index in [0.29, 0.717) is 18.7 Å². The van der Waals surface area contributed by atoms with Crippen molar-refractivity contribution < 1.29 is 14.3 Å². The molecule has 0 radical (unpaired) electrons. The Morgan fingerprint density at radius 2 is 1.88 bits per heavy atom. The molecule has 0 aliphatic carbocycles. The monoisotopic (exact) mass is 447 g/mol. The highest BCUT2D eigenvalue weighted by Gasteiger charge is 2.26. The molecule has 6 nitrogen and oxygen atoms in total. The first-order chi connectivity index (χ1) is 15.7. The van der Waals surface area contributed by atoms with E-state index in [4.69, 9.17) is 4.74 Å². The van der Waals surface area contributed by atoms with Crippen molar-refractivity contribution in [1.82, 2.24) is 10.2 Å². The molecule has 2 heterocycles. The maximum atomic E-state index is 13.0. The van der Waals surface area contributed by atoms with Crippen LogP contribution in [0.1, 0.15) is 59.8 Å². The summed E-state index contributed by atoms with van der Waals surface area (Å²) in [5.41, 5.74) is 6.58. The molecule has 0 spiro atoms. The fourth-order valence-corrected chi connectivity index (χ4v) is 4.32. The molecule has 2 aliphatic rings. The lowest BCUT2D eigenvalue weighted by molar-refractivity contribution is 0.0224. The van der Waals surface area contributed by atoms with Gasteiger partial charge >= 0.3 is 6.09 Å². The minimum absolute atomic E-state index is 0.127. The lowest BCUT2D eigenvalue weighted by Gasteiger charge is -2.31. The summed E-state index contributed by atoms with van der Waals surface area (Å²) in [4.78, 5) is 27.2. The summed E-state index contributed by atoms with van der Waals surface area (Å²) in [6.45, 7) is 10.6. The lowest BCUT2D eigenvalue weighted by Crippen LogP contribution is -2.39. The van der Waals surface area contributed by atoms with E-state index >= 15 is 0 Å². The van der Waals surface area contributed by atoms with Crippen molar-refractivity contribution in [2.24, 2.45) is 0 Å². The Morgan fingerprint density at radius 3 is 2.58 bits per heavy atom. The molecule has 0 bridgehead atoms. The van der Waals surface area contributed by atoms with Crippen LogP contribution in [0.3, 0.4) is 0 Å². The number of hydrogen-bond acceptors (Lipinski definition) is 4. The van der Waals surface area contributed by atoms with Gasteiger partial charge in [0.25, 0.3) is 5.91 Å². The predicted molar refractivity (Wildman–Crippen MR) is 131 cm³/mol. The summed E-state index contributed by atoms with van der Waals surface area (Å²) < 4.78 is 5.52. The van der Waals surface area contributed by atoms with Crippen LogP contribution in [0, 0.1) is 6.92 Å². The largest absolute Gasteiger partial charge is 0.444 e. The Bertz CT molecular complexity index is 1100. The normalized spacial score (nSPS) is 16.0. The van der Waals surface area contributed by atoms with Crippen molar-refractivity contribution >= 4 is 23.3 Å². The molecule has 0 saturated carbocycles. The van der Waals surface area contributed by atoms with E-state index in [0.717, 1.165) is 42.7 Å². The molecule has 2 amide bonds. The molecule has 0 unspecified atom stereocenters. The molecule has 2 aromatic rings. The van der Waals surface area contributed by atoms with Crippen molar-refractivity contribution in [3.05, 3.63) is 70.3 Å². The van der Waals surface area contributed by atoms with Gasteiger partial charge in [-0.1, -0.05) is 24.3 Å². The molecular weight excluding hydrogens is 414 g/mol. The second kappa shape index (κ2) is 9.40. The summed E-state index contributed by atoms with van der Waals surface area (Å²) in [5, 5.41) is 6.36. The minimum atomic E-state index is -0.523. The SMILES string of the molecule is Cc1cc(C2=CCNCC2)ccc1C(=O)Nc1ccc2c(c1)CN(C(=O)OC(C)(C)C)CC2. The summed E-state index contributed by atoms with van der Waals surface area (Å²) in [7, 11) is 0. The number of amides is 2. The number of hydrogen-bond donors (Lipinski definition) is 2. The number of nitrogens with one attached hydrogen (secondary N) is 2. The Kier molecular flexibility index (Phi) is 6.56. The summed E-state index contributed by atoms with van der Waals surface area (Å²) in [5.74, 6) is -0.127. The van der Waals surface area contributed by atoms with Crippen LogP contribution in [0.15, 0.2) is 42.5 Å². The third-order valence-corrected chi connectivity index (χ3v) is 6.03. The van der Waals surface area contributed by atoms with Crippen molar-refractivity contribution in [2.45, 2.75) is 52.7 Å². The molecule has 0 atom stereocenters. The number of ether oxygens (including phenoxy) is 1. The zero-order valence-electron chi connectivity index (χ0n) is 20.0. The lowest BCUT2D eigenvalue weighted by atomic mass is 9.96. The van der Waals surface area contributed by atoms with Crippen molar-refractivity contribution in [3.63, 3.8) is 0 Å². The van der Waals surface area contributed by atoms with Gasteiger partial charge in [-0.2, -0.15) is 0 Å². The van der Waals surface area contributed by atoms with Crippen LogP contribution < -0.4 is 10.6 Å². The fraction of sp³-hybridized carbons (Fsp3) is 0.407. The maximum Gasteiger partial charge on any atom is 0.410 e. The van der Waals surface area contributed by atoms with Gasteiger partial charge < -0.3 is 20.3 Å². The number of benzene rings is 2. The molecule has 0 aromatic heterocycles. The van der Waals surface area contributed by atoms with Crippen LogP contribution in [0.25, 0.3) is 5.57 Å². The molecule has 33 heavy (non-hydrogen) atoms. The van der Waals surface area contributed by atoms with Gasteiger partial charge in [0.05, 0.1) is 0 Å². The highest BCUT2D eigenvalue weighted by molar-refractivity contribution is 6.05. The minimum Gasteiger partial charge on any atom is -0.444 e. The fourth-order valence-electron chi connectivity index (χ4n) is 4.32. The van der Waals surface area contributed by atoms with Gasteiger partial charge in [0, 0.05) is 30.9 Å². The van der Waals surface area contributed by atoms with E-state index in [9.17, 15) is 9.59 Å². The predicted octanol–water partition coefficient (Wildman–Crippen LogP) is 4.92. The van der Waals surface area contributed by atoms with Gasteiger partial charge in [0.15, 0.2) is 0 Å². The van der Waals surface area contributed by atoms with E-state index in [1.54, 1.807) is 4.90 Å². The number of anilines is 1. The van der Waals surface area contributed by atoms with Gasteiger partial charge in [-0.3, -0.25) is 4.79 Å². The van der Waals surface area contributed by atoms with Crippen molar-refractivity contribution in [1.29, 1.82) is 0 Å². The second-order valence-electron chi connectivity index (χ2n) is 9.80. The van der Waals surface area contributed by atoms with E-state index in [-0.39, 0.29) is 12.0 Å². The summed E-state index contributed by atoms with van der Waals surface area (Å²) in [6.07, 6.45) is 3.68. The van der Waals surface area contributed by atoms with Crippen molar-refractivity contribution in [2.75, 3.05) is 25.0 Å². The van der Waals surface area contributed by atoms with Crippen LogP contribution in [-0.2, 0) is 17.7 Å². The van der Waals surface area contributed by atoms with E-state index in [1.165, 1.54) is 16.7 Å². The number of rotatable bonds is 3. The molecule has 0 fully saturated rings. The smallest absolute Gasteiger partial charge is 0.410 e. The van der Waals surface area contributed by atoms with E-state index in [2.05, 4.69) is 22.8 Å². The maximum absolute atomic E-state index is 13.0. The highest BCUT2D eigenvalue weighted by Crippen LogP contribution is 2.26. The Balaban J connectivity index is 1.46. The Labute approximate surface area is 196 Å². The average Bonchev–Trinajstić information content (AvgIpc) is 2.78. The zero-order valence-corrected chi connectivity index (χ0v) is 20.0. The third kappa shape index (κ3) is 5.63. The van der Waals surface area contributed by atoms with Crippen LogP contribution in [0.2, 0.25) is 0 Å². The first-order valence-electron chi connectivity index (χ1n) is 11.6. The second-order valence-corrected chi connectivity index (χ2v) is 9.80. The van der Waals surface area contributed by atoms with Crippen LogP contribution in [0.4, 0.5) is 10.5 Å². The van der Waals surface area contributed by atoms with Gasteiger partial charge in [-0.05, 0) is 93.1 Å². The molecule has 174 valence electrons. The van der Waals surface area contributed by atoms with Gasteiger partial charge in [-0.25, -0.2) is 4.79 Å². The first kappa shape index (κ1) is 23.1. The number of carbonyl (C=O) groups excluding carboxylic acids is 2. The quantitative estimate of drug-likeness (QED) is 0.701. The van der Waals surface area contributed by atoms with Crippen molar-refractivity contribution in [3.8, 4) is 0 Å². The summed E-state index contributed by atoms with van der Waals surface area (Å²) >= 11 is 0. The van der Waals surface area contributed by atoms with E-state index < -0.39 is 5.60 Å². The zero-order chi connectivity index (χ0) is 23.6. The highest BCUT2D eigenvalue weighted by atomic mass is 16.6. The molecule has 2 aromatic carbocycles. The molecular formula is C27H33N3O3. The van der Waals surface area contributed by atoms with Crippen LogP contribution in [0.5, 0.6) is 0 Å². The molecule has 4 rings (SSSR count). The Morgan fingerprint density at radius 1 is 1.06 bits per heavy atom. The molecule has 2 aliphatic heterocycles. The number of fused-ring (bicyclic) bond motifs is 1. The first-order valence-corrected chi connectivity index (χ1v) is 11.6. The van der Waals surface area contributed by atoms with E-state index in [1.807, 2.05) is 58.0 Å². The van der Waals surface area contributed by atoms with Crippen LogP contribution in [-0.4, -0.2) is 42.1 Å². The average molecular weight is 448 g/mol. The number of nitrogens with zero attached hydrogens (tertiary/aromatic N) is 1. The van der Waals surface area contributed by atoms with Gasteiger partial charge in [-0.15, -0.1) is 0 Å². The molecule has 6 heteroatoms. The topological polar surface area (TPSA) is 70.7 Å². The number of aryl methyl sites for hydroxylation is 1. The van der Waals surface area contributed by atoms with Gasteiger partial charge in [0.1, 0.15) is 5.60 Å². The Hall–Kier alpha value is -3.12. The van der Waals surface area contributed by atoms with Crippen LogP contribution >= 0.6 is 0 Å². The van der Waals surface area contributed by atoms with Gasteiger partial charge in [0.2, 0.25) is 0 Å². The molecule has 0 saturated heterocycles. The standard InChI is InChI=1S/C27H33N3O3/c1-18-15-21(20-9-12-28-13-10-20)6-8-24(18)25(31)29-23-7-5-19-11-14-30(17-22(19)16-23)26(32)33-27(2,3)4/h5-9,15-16,28H,10-14,17H2,1-4H3,(H,29,31). The molecule has 2 N–H and O–H groups in total. The third-order valence-electron chi connectivity index (χ3n) is 6.03.